The Morgan fingerprint density at radius 3 is 2.33 bits per heavy atom. The summed E-state index contributed by atoms with van der Waals surface area (Å²) in [6.45, 7) is 5.44. The summed E-state index contributed by atoms with van der Waals surface area (Å²) < 4.78 is 0. The molecule has 0 aromatic heterocycles. The van der Waals surface area contributed by atoms with Gasteiger partial charge in [-0.1, -0.05) is 37.3 Å². The van der Waals surface area contributed by atoms with Gasteiger partial charge in [0.25, 0.3) is 0 Å². The second kappa shape index (κ2) is 6.66. The minimum absolute atomic E-state index is 1.04. The van der Waals surface area contributed by atoms with Crippen molar-refractivity contribution >= 4 is 11.4 Å². The summed E-state index contributed by atoms with van der Waals surface area (Å²) in [6, 6.07) is 17.7. The van der Waals surface area contributed by atoms with E-state index >= 15 is 0 Å². The van der Waals surface area contributed by atoms with Crippen LogP contribution < -0.4 is 10.2 Å². The molecular formula is C19H24N2. The number of hydrogen-bond donors (Lipinski definition) is 1. The number of nitrogens with zero attached hydrogens (tertiary/aromatic N) is 1. The highest BCUT2D eigenvalue weighted by molar-refractivity contribution is 5.58. The number of rotatable bonds is 4. The van der Waals surface area contributed by atoms with Crippen LogP contribution in [0.1, 0.15) is 24.5 Å². The molecule has 0 radical (unpaired) electrons. The van der Waals surface area contributed by atoms with Crippen molar-refractivity contribution in [3.05, 3.63) is 59.7 Å². The van der Waals surface area contributed by atoms with Crippen molar-refractivity contribution in [1.82, 2.24) is 0 Å². The van der Waals surface area contributed by atoms with E-state index in [0.29, 0.717) is 0 Å². The Balaban J connectivity index is 1.73. The Kier molecular flexibility index (Phi) is 4.44. The molecular weight excluding hydrogens is 256 g/mol. The van der Waals surface area contributed by atoms with E-state index in [1.165, 1.54) is 22.5 Å². The van der Waals surface area contributed by atoms with Gasteiger partial charge in [0, 0.05) is 31.0 Å². The summed E-state index contributed by atoms with van der Waals surface area (Å²) in [5.41, 5.74) is 5.60. The third-order valence-electron chi connectivity index (χ3n) is 4.21. The molecule has 1 aliphatic heterocycles. The molecule has 3 rings (SSSR count). The fourth-order valence-corrected chi connectivity index (χ4v) is 3.01. The van der Waals surface area contributed by atoms with E-state index in [0.717, 1.165) is 38.9 Å². The van der Waals surface area contributed by atoms with Crippen LogP contribution in [-0.2, 0) is 12.8 Å². The third-order valence-corrected chi connectivity index (χ3v) is 4.21. The largest absolute Gasteiger partial charge is 0.385 e. The monoisotopic (exact) mass is 280 g/mol. The molecule has 1 heterocycles. The normalized spacial score (nSPS) is 14.4. The molecule has 1 aliphatic rings. The molecule has 0 amide bonds. The Morgan fingerprint density at radius 1 is 0.952 bits per heavy atom. The van der Waals surface area contributed by atoms with Crippen molar-refractivity contribution < 1.29 is 0 Å². The average Bonchev–Trinajstić information content (AvgIpc) is 2.76. The van der Waals surface area contributed by atoms with Crippen LogP contribution in [0.25, 0.3) is 0 Å². The van der Waals surface area contributed by atoms with Crippen LogP contribution in [0.15, 0.2) is 48.5 Å². The van der Waals surface area contributed by atoms with E-state index in [1.807, 2.05) is 0 Å². The quantitative estimate of drug-likeness (QED) is 0.906. The highest BCUT2D eigenvalue weighted by Crippen LogP contribution is 2.23. The van der Waals surface area contributed by atoms with E-state index in [-0.39, 0.29) is 0 Å². The zero-order valence-corrected chi connectivity index (χ0v) is 12.8. The molecule has 1 N–H and O–H groups in total. The maximum Gasteiger partial charge on any atom is 0.0387 e. The van der Waals surface area contributed by atoms with Gasteiger partial charge in [-0.25, -0.2) is 0 Å². The van der Waals surface area contributed by atoms with E-state index in [4.69, 9.17) is 0 Å². The van der Waals surface area contributed by atoms with Crippen LogP contribution in [0, 0.1) is 0 Å². The summed E-state index contributed by atoms with van der Waals surface area (Å²) in [6.07, 6.45) is 3.44. The SMILES string of the molecule is CCCNc1cccc(N2CCc3ccccc3CC2)c1. The molecule has 110 valence electrons. The first kappa shape index (κ1) is 14.0. The van der Waals surface area contributed by atoms with E-state index < -0.39 is 0 Å². The Hall–Kier alpha value is -1.96. The first-order valence-corrected chi connectivity index (χ1v) is 8.02. The van der Waals surface area contributed by atoms with E-state index in [2.05, 4.69) is 65.7 Å². The number of hydrogen-bond acceptors (Lipinski definition) is 2. The third kappa shape index (κ3) is 3.38. The zero-order valence-electron chi connectivity index (χ0n) is 12.8. The second-order valence-electron chi connectivity index (χ2n) is 5.73. The molecule has 0 atom stereocenters. The predicted molar refractivity (Wildman–Crippen MR) is 91.3 cm³/mol. The lowest BCUT2D eigenvalue weighted by atomic mass is 10.0. The first-order valence-electron chi connectivity index (χ1n) is 8.02. The summed E-state index contributed by atoms with van der Waals surface area (Å²) in [5, 5.41) is 3.48. The number of nitrogens with one attached hydrogen (secondary N) is 1. The number of anilines is 2. The molecule has 0 fully saturated rings. The Morgan fingerprint density at radius 2 is 1.67 bits per heavy atom. The van der Waals surface area contributed by atoms with E-state index in [9.17, 15) is 0 Å². The first-order chi connectivity index (χ1) is 10.4. The summed E-state index contributed by atoms with van der Waals surface area (Å²) >= 11 is 0. The Labute approximate surface area is 127 Å². The van der Waals surface area contributed by atoms with Crippen molar-refractivity contribution in [3.63, 3.8) is 0 Å². The Bertz CT molecular complexity index is 565. The molecule has 0 unspecified atom stereocenters. The van der Waals surface area contributed by atoms with Crippen molar-refractivity contribution in [1.29, 1.82) is 0 Å². The van der Waals surface area contributed by atoms with Gasteiger partial charge >= 0.3 is 0 Å². The van der Waals surface area contributed by atoms with Crippen LogP contribution >= 0.6 is 0 Å². The summed E-state index contributed by atoms with van der Waals surface area (Å²) in [7, 11) is 0. The van der Waals surface area contributed by atoms with Gasteiger partial charge in [-0.2, -0.15) is 0 Å². The van der Waals surface area contributed by atoms with Gasteiger partial charge in [-0.15, -0.1) is 0 Å². The standard InChI is InChI=1S/C19H24N2/c1-2-12-20-18-8-5-9-19(15-18)21-13-10-16-6-3-4-7-17(16)11-14-21/h3-9,15,20H,2,10-14H2,1H3. The number of benzene rings is 2. The molecule has 2 heteroatoms. The van der Waals surface area contributed by atoms with Gasteiger partial charge in [0.1, 0.15) is 0 Å². The van der Waals surface area contributed by atoms with Crippen molar-refractivity contribution in [3.8, 4) is 0 Å². The van der Waals surface area contributed by atoms with Crippen molar-refractivity contribution in [2.45, 2.75) is 26.2 Å². The molecule has 0 bridgehead atoms. The van der Waals surface area contributed by atoms with Gasteiger partial charge in [0.05, 0.1) is 0 Å². The fraction of sp³-hybridized carbons (Fsp3) is 0.368. The molecule has 0 aliphatic carbocycles. The van der Waals surface area contributed by atoms with Crippen LogP contribution in [0.5, 0.6) is 0 Å². The van der Waals surface area contributed by atoms with Gasteiger partial charge in [-0.3, -0.25) is 0 Å². The lowest BCUT2D eigenvalue weighted by Gasteiger charge is -2.23. The smallest absolute Gasteiger partial charge is 0.0387 e. The molecule has 0 spiro atoms. The molecule has 0 saturated carbocycles. The van der Waals surface area contributed by atoms with E-state index in [1.54, 1.807) is 0 Å². The molecule has 2 aromatic rings. The molecule has 21 heavy (non-hydrogen) atoms. The highest BCUT2D eigenvalue weighted by atomic mass is 15.1. The lowest BCUT2D eigenvalue weighted by Crippen LogP contribution is -2.25. The summed E-state index contributed by atoms with van der Waals surface area (Å²) in [4.78, 5) is 2.51. The topological polar surface area (TPSA) is 15.3 Å². The minimum Gasteiger partial charge on any atom is -0.385 e. The molecule has 2 aromatic carbocycles. The maximum absolute atomic E-state index is 3.48. The number of fused-ring (bicyclic) bond motifs is 1. The van der Waals surface area contributed by atoms with Crippen molar-refractivity contribution in [2.75, 3.05) is 29.9 Å². The molecule has 2 nitrogen and oxygen atoms in total. The fourth-order valence-electron chi connectivity index (χ4n) is 3.01. The van der Waals surface area contributed by atoms with Gasteiger partial charge in [0.2, 0.25) is 0 Å². The van der Waals surface area contributed by atoms with Crippen LogP contribution in [0.4, 0.5) is 11.4 Å². The van der Waals surface area contributed by atoms with Crippen LogP contribution in [-0.4, -0.2) is 19.6 Å². The average molecular weight is 280 g/mol. The van der Waals surface area contributed by atoms with Gasteiger partial charge in [0.15, 0.2) is 0 Å². The van der Waals surface area contributed by atoms with Crippen molar-refractivity contribution in [2.24, 2.45) is 0 Å². The second-order valence-corrected chi connectivity index (χ2v) is 5.73. The minimum atomic E-state index is 1.04. The highest BCUT2D eigenvalue weighted by Gasteiger charge is 2.14. The van der Waals surface area contributed by atoms with Gasteiger partial charge in [-0.05, 0) is 48.6 Å². The summed E-state index contributed by atoms with van der Waals surface area (Å²) in [5.74, 6) is 0. The van der Waals surface area contributed by atoms with Crippen LogP contribution in [0.3, 0.4) is 0 Å². The maximum atomic E-state index is 3.48. The molecule has 0 saturated heterocycles. The van der Waals surface area contributed by atoms with Crippen LogP contribution in [0.2, 0.25) is 0 Å². The zero-order chi connectivity index (χ0) is 14.5. The predicted octanol–water partition coefficient (Wildman–Crippen LogP) is 4.11. The lowest BCUT2D eigenvalue weighted by molar-refractivity contribution is 0.806. The van der Waals surface area contributed by atoms with Gasteiger partial charge < -0.3 is 10.2 Å².